The van der Waals surface area contributed by atoms with Gasteiger partial charge in [-0.1, -0.05) is 28.1 Å². The fourth-order valence-corrected chi connectivity index (χ4v) is 4.24. The standard InChI is InChI=1S/C18H14ClN5O5S/c1-9-6-14(22-29-9)16(25)21-18-20-13-4-5-23(8-15(13)30-18)17(26)11-7-10(24(27)28)2-3-12(11)19/h2-3,6-7H,4-5,8H2,1H3,(H,20,21,25). The number of carbonyl (C=O) groups excluding carboxylic acids is 2. The second-order valence-electron chi connectivity index (χ2n) is 6.56. The highest BCUT2D eigenvalue weighted by atomic mass is 35.5. The van der Waals surface area contributed by atoms with Crippen molar-refractivity contribution in [3.8, 4) is 0 Å². The molecular weight excluding hydrogens is 434 g/mol. The number of benzene rings is 1. The Balaban J connectivity index is 1.50. The van der Waals surface area contributed by atoms with E-state index < -0.39 is 16.7 Å². The summed E-state index contributed by atoms with van der Waals surface area (Å²) in [6.07, 6.45) is 0.489. The summed E-state index contributed by atoms with van der Waals surface area (Å²) >= 11 is 7.35. The topological polar surface area (TPSA) is 131 Å². The van der Waals surface area contributed by atoms with E-state index in [-0.39, 0.29) is 28.5 Å². The number of hydrogen-bond donors (Lipinski definition) is 1. The van der Waals surface area contributed by atoms with Crippen molar-refractivity contribution in [3.63, 3.8) is 0 Å². The molecule has 0 unspecified atom stereocenters. The maximum Gasteiger partial charge on any atom is 0.279 e. The van der Waals surface area contributed by atoms with Crippen LogP contribution < -0.4 is 5.32 Å². The highest BCUT2D eigenvalue weighted by Gasteiger charge is 2.27. The lowest BCUT2D eigenvalue weighted by molar-refractivity contribution is -0.384. The van der Waals surface area contributed by atoms with E-state index >= 15 is 0 Å². The molecule has 3 aromatic rings. The number of nitrogens with one attached hydrogen (secondary N) is 1. The summed E-state index contributed by atoms with van der Waals surface area (Å²) in [5.41, 5.74) is 0.818. The molecule has 3 heterocycles. The first kappa shape index (κ1) is 20.0. The van der Waals surface area contributed by atoms with Gasteiger partial charge in [0.2, 0.25) is 0 Å². The minimum Gasteiger partial charge on any atom is -0.361 e. The molecule has 10 nitrogen and oxygen atoms in total. The predicted molar refractivity (Wildman–Crippen MR) is 108 cm³/mol. The van der Waals surface area contributed by atoms with E-state index in [4.69, 9.17) is 16.1 Å². The zero-order valence-electron chi connectivity index (χ0n) is 15.5. The van der Waals surface area contributed by atoms with Crippen LogP contribution >= 0.6 is 22.9 Å². The number of aromatic nitrogens is 2. The molecule has 154 valence electrons. The van der Waals surface area contributed by atoms with Crippen LogP contribution in [0.2, 0.25) is 5.02 Å². The van der Waals surface area contributed by atoms with E-state index in [1.807, 2.05) is 0 Å². The lowest BCUT2D eigenvalue weighted by Crippen LogP contribution is -2.35. The molecule has 4 rings (SSSR count). The number of halogens is 1. The van der Waals surface area contributed by atoms with E-state index in [9.17, 15) is 19.7 Å². The van der Waals surface area contributed by atoms with E-state index in [0.29, 0.717) is 23.9 Å². The van der Waals surface area contributed by atoms with Gasteiger partial charge in [-0.05, 0) is 13.0 Å². The Kier molecular flexibility index (Phi) is 5.22. The normalized spacial score (nSPS) is 13.1. The second-order valence-corrected chi connectivity index (χ2v) is 8.05. The molecule has 12 heteroatoms. The molecule has 0 spiro atoms. The van der Waals surface area contributed by atoms with Crippen LogP contribution in [0.1, 0.15) is 37.2 Å². The minimum atomic E-state index is -0.573. The number of carbonyl (C=O) groups is 2. The Morgan fingerprint density at radius 2 is 2.17 bits per heavy atom. The predicted octanol–water partition coefficient (Wildman–Crippen LogP) is 3.45. The van der Waals surface area contributed by atoms with Gasteiger partial charge in [0.25, 0.3) is 17.5 Å². The molecule has 1 N–H and O–H groups in total. The van der Waals surface area contributed by atoms with Crippen molar-refractivity contribution in [3.05, 3.63) is 67.0 Å². The number of nitro benzene ring substituents is 1. The molecule has 1 aliphatic rings. The SMILES string of the molecule is Cc1cc(C(=O)Nc2nc3c(s2)CN(C(=O)c2cc([N+](=O)[O-])ccc2Cl)CC3)no1. The molecule has 1 aliphatic heterocycles. The van der Waals surface area contributed by atoms with Gasteiger partial charge in [0.15, 0.2) is 10.8 Å². The third-order valence-corrected chi connectivity index (χ3v) is 5.82. The van der Waals surface area contributed by atoms with Gasteiger partial charge in [0, 0.05) is 36.0 Å². The van der Waals surface area contributed by atoms with Gasteiger partial charge in [-0.3, -0.25) is 25.0 Å². The number of hydrogen-bond acceptors (Lipinski definition) is 8. The Bertz CT molecular complexity index is 1170. The van der Waals surface area contributed by atoms with Crippen LogP contribution in [0.3, 0.4) is 0 Å². The van der Waals surface area contributed by atoms with Crippen LogP contribution in [0.15, 0.2) is 28.8 Å². The molecule has 2 aromatic heterocycles. The van der Waals surface area contributed by atoms with Crippen molar-refractivity contribution in [2.75, 3.05) is 11.9 Å². The van der Waals surface area contributed by atoms with Gasteiger partial charge in [0.1, 0.15) is 5.76 Å². The minimum absolute atomic E-state index is 0.0776. The number of aryl methyl sites for hydroxylation is 1. The number of nitro groups is 1. The molecule has 0 saturated heterocycles. The van der Waals surface area contributed by atoms with Crippen LogP contribution in [0, 0.1) is 17.0 Å². The Morgan fingerprint density at radius 1 is 1.37 bits per heavy atom. The van der Waals surface area contributed by atoms with Crippen molar-refractivity contribution in [1.82, 2.24) is 15.0 Å². The summed E-state index contributed by atoms with van der Waals surface area (Å²) in [5.74, 6) is -0.312. The fourth-order valence-electron chi connectivity index (χ4n) is 3.02. The molecule has 0 fully saturated rings. The molecule has 0 bridgehead atoms. The number of thiazole rings is 1. The fraction of sp³-hybridized carbons (Fsp3) is 0.222. The van der Waals surface area contributed by atoms with Crippen LogP contribution in [-0.2, 0) is 13.0 Å². The van der Waals surface area contributed by atoms with Gasteiger partial charge in [-0.15, -0.1) is 0 Å². The second kappa shape index (κ2) is 7.84. The van der Waals surface area contributed by atoms with Crippen LogP contribution in [0.4, 0.5) is 10.8 Å². The van der Waals surface area contributed by atoms with Crippen molar-refractivity contribution >= 4 is 45.6 Å². The number of rotatable bonds is 4. The summed E-state index contributed by atoms with van der Waals surface area (Å²) in [6, 6.07) is 5.29. The molecule has 2 amide bonds. The Hall–Kier alpha value is -3.31. The highest BCUT2D eigenvalue weighted by molar-refractivity contribution is 7.15. The molecule has 0 aliphatic carbocycles. The zero-order valence-corrected chi connectivity index (χ0v) is 17.1. The van der Waals surface area contributed by atoms with Crippen LogP contribution in [0.5, 0.6) is 0 Å². The van der Waals surface area contributed by atoms with Gasteiger partial charge in [0.05, 0.1) is 27.7 Å². The first-order chi connectivity index (χ1) is 14.3. The smallest absolute Gasteiger partial charge is 0.279 e. The monoisotopic (exact) mass is 447 g/mol. The number of non-ortho nitro benzene ring substituents is 1. The lowest BCUT2D eigenvalue weighted by Gasteiger charge is -2.26. The summed E-state index contributed by atoms with van der Waals surface area (Å²) in [5, 5.41) is 17.9. The molecule has 0 saturated carbocycles. The Labute approximate surface area is 178 Å². The zero-order chi connectivity index (χ0) is 21.4. The Morgan fingerprint density at radius 3 is 2.87 bits per heavy atom. The van der Waals surface area contributed by atoms with Gasteiger partial charge in [-0.2, -0.15) is 0 Å². The van der Waals surface area contributed by atoms with Crippen molar-refractivity contribution in [2.45, 2.75) is 19.9 Å². The number of amides is 2. The molecule has 30 heavy (non-hydrogen) atoms. The number of anilines is 1. The first-order valence-electron chi connectivity index (χ1n) is 8.78. The van der Waals surface area contributed by atoms with Crippen LogP contribution in [0.25, 0.3) is 0 Å². The highest BCUT2D eigenvalue weighted by Crippen LogP contribution is 2.31. The lowest BCUT2D eigenvalue weighted by atomic mass is 10.1. The quantitative estimate of drug-likeness (QED) is 0.478. The summed E-state index contributed by atoms with van der Waals surface area (Å²) < 4.78 is 4.89. The average Bonchev–Trinajstić information content (AvgIpc) is 3.32. The summed E-state index contributed by atoms with van der Waals surface area (Å²) in [6.45, 7) is 2.33. The summed E-state index contributed by atoms with van der Waals surface area (Å²) in [4.78, 5) is 42.3. The van der Waals surface area contributed by atoms with E-state index in [1.165, 1.54) is 35.6 Å². The number of fused-ring (bicyclic) bond motifs is 1. The maximum absolute atomic E-state index is 12.9. The summed E-state index contributed by atoms with van der Waals surface area (Å²) in [7, 11) is 0. The first-order valence-corrected chi connectivity index (χ1v) is 9.97. The van der Waals surface area contributed by atoms with E-state index in [0.717, 1.165) is 10.6 Å². The van der Waals surface area contributed by atoms with Gasteiger partial charge >= 0.3 is 0 Å². The van der Waals surface area contributed by atoms with Crippen LogP contribution in [-0.4, -0.2) is 38.3 Å². The largest absolute Gasteiger partial charge is 0.361 e. The number of nitrogens with zero attached hydrogens (tertiary/aromatic N) is 4. The average molecular weight is 448 g/mol. The van der Waals surface area contributed by atoms with Crippen molar-refractivity contribution in [1.29, 1.82) is 0 Å². The molecule has 0 atom stereocenters. The third kappa shape index (κ3) is 3.89. The van der Waals surface area contributed by atoms with Crippen molar-refractivity contribution < 1.29 is 19.0 Å². The molecule has 0 radical (unpaired) electrons. The third-order valence-electron chi connectivity index (χ3n) is 4.49. The van der Waals surface area contributed by atoms with Crippen molar-refractivity contribution in [2.24, 2.45) is 0 Å². The van der Waals surface area contributed by atoms with E-state index in [1.54, 1.807) is 11.8 Å². The van der Waals surface area contributed by atoms with Gasteiger partial charge in [-0.25, -0.2) is 4.98 Å². The van der Waals surface area contributed by atoms with Gasteiger partial charge < -0.3 is 9.42 Å². The molecular formula is C18H14ClN5O5S. The maximum atomic E-state index is 12.9. The van der Waals surface area contributed by atoms with E-state index in [2.05, 4.69) is 15.5 Å². The molecule has 1 aromatic carbocycles.